The molecule has 0 fully saturated rings. The van der Waals surface area contributed by atoms with Gasteiger partial charge in [0.2, 0.25) is 0 Å². The molecule has 1 aromatic carbocycles. The van der Waals surface area contributed by atoms with Crippen molar-refractivity contribution < 1.29 is 0 Å². The molecule has 76 valence electrons. The van der Waals surface area contributed by atoms with Gasteiger partial charge in [0.1, 0.15) is 5.84 Å². The maximum Gasteiger partial charge on any atom is 0.142 e. The van der Waals surface area contributed by atoms with Crippen LogP contribution >= 0.6 is 31.9 Å². The number of nitrogens with zero attached hydrogens (tertiary/aromatic N) is 1. The molecule has 0 radical (unpaired) electrons. The van der Waals surface area contributed by atoms with Gasteiger partial charge in [-0.2, -0.15) is 0 Å². The van der Waals surface area contributed by atoms with Gasteiger partial charge in [-0.25, -0.2) is 5.84 Å². The van der Waals surface area contributed by atoms with Crippen molar-refractivity contribution in [3.63, 3.8) is 0 Å². The van der Waals surface area contributed by atoms with Crippen LogP contribution in [0.4, 0.5) is 0 Å². The van der Waals surface area contributed by atoms with Crippen molar-refractivity contribution in [2.75, 3.05) is 6.54 Å². The smallest absolute Gasteiger partial charge is 0.142 e. The third-order valence-corrected chi connectivity index (χ3v) is 2.50. The van der Waals surface area contributed by atoms with Gasteiger partial charge in [-0.3, -0.25) is 4.99 Å². The Balaban J connectivity index is 3.10. The van der Waals surface area contributed by atoms with Crippen LogP contribution in [0.25, 0.3) is 0 Å². The number of rotatable bonds is 2. The highest BCUT2D eigenvalue weighted by Crippen LogP contribution is 2.20. The fourth-order valence-corrected chi connectivity index (χ4v) is 2.36. The first kappa shape index (κ1) is 11.7. The van der Waals surface area contributed by atoms with E-state index in [0.29, 0.717) is 12.4 Å². The Bertz CT molecular complexity index is 330. The third-order valence-electron chi connectivity index (χ3n) is 1.59. The first-order valence-corrected chi connectivity index (χ1v) is 5.73. The summed E-state index contributed by atoms with van der Waals surface area (Å²) in [5, 5.41) is 0. The quantitative estimate of drug-likeness (QED) is 0.380. The summed E-state index contributed by atoms with van der Waals surface area (Å²) in [6.45, 7) is 2.66. The van der Waals surface area contributed by atoms with Gasteiger partial charge in [0.15, 0.2) is 0 Å². The van der Waals surface area contributed by atoms with Gasteiger partial charge in [-0.1, -0.05) is 31.9 Å². The monoisotopic (exact) mass is 319 g/mol. The summed E-state index contributed by atoms with van der Waals surface area (Å²) in [5.41, 5.74) is 3.54. The normalized spacial score (nSPS) is 11.6. The maximum absolute atomic E-state index is 5.38. The van der Waals surface area contributed by atoms with Crippen molar-refractivity contribution in [2.24, 2.45) is 10.8 Å². The molecule has 1 rings (SSSR count). The summed E-state index contributed by atoms with van der Waals surface area (Å²) in [4.78, 5) is 4.23. The zero-order valence-corrected chi connectivity index (χ0v) is 10.9. The molecule has 3 N–H and O–H groups in total. The van der Waals surface area contributed by atoms with E-state index >= 15 is 0 Å². The SMILES string of the molecule is CCN=C(NN)c1cc(Br)cc(Br)c1. The first-order valence-electron chi connectivity index (χ1n) is 4.15. The Kier molecular flexibility index (Phi) is 4.57. The number of benzene rings is 1. The molecule has 0 aliphatic rings. The van der Waals surface area contributed by atoms with Crippen molar-refractivity contribution in [3.05, 3.63) is 32.7 Å². The average Bonchev–Trinajstić information content (AvgIpc) is 2.12. The van der Waals surface area contributed by atoms with Gasteiger partial charge in [-0.15, -0.1) is 0 Å². The Morgan fingerprint density at radius 3 is 2.36 bits per heavy atom. The number of hydrogen-bond donors (Lipinski definition) is 2. The summed E-state index contributed by atoms with van der Waals surface area (Å²) in [6.07, 6.45) is 0. The molecule has 0 heterocycles. The molecule has 0 spiro atoms. The molecule has 5 heteroatoms. The molecule has 0 aliphatic heterocycles. The van der Waals surface area contributed by atoms with Crippen molar-refractivity contribution in [1.29, 1.82) is 0 Å². The molecule has 3 nitrogen and oxygen atoms in total. The minimum Gasteiger partial charge on any atom is -0.308 e. The minimum absolute atomic E-state index is 0.689. The molecule has 0 saturated heterocycles. The van der Waals surface area contributed by atoms with Gasteiger partial charge in [0.25, 0.3) is 0 Å². The Morgan fingerprint density at radius 1 is 1.36 bits per heavy atom. The fourth-order valence-electron chi connectivity index (χ4n) is 1.07. The van der Waals surface area contributed by atoms with Crippen LogP contribution in [0.3, 0.4) is 0 Å². The number of hydrazine groups is 1. The number of nitrogens with two attached hydrogens (primary N) is 1. The summed E-state index contributed by atoms with van der Waals surface area (Å²) in [5.74, 6) is 6.07. The zero-order valence-electron chi connectivity index (χ0n) is 7.72. The highest BCUT2D eigenvalue weighted by molar-refractivity contribution is 9.11. The first-order chi connectivity index (χ1) is 6.67. The van der Waals surface area contributed by atoms with Gasteiger partial charge in [0.05, 0.1) is 0 Å². The summed E-state index contributed by atoms with van der Waals surface area (Å²) in [7, 11) is 0. The summed E-state index contributed by atoms with van der Waals surface area (Å²) < 4.78 is 1.97. The second kappa shape index (κ2) is 5.48. The molecule has 14 heavy (non-hydrogen) atoms. The van der Waals surface area contributed by atoms with Gasteiger partial charge < -0.3 is 5.43 Å². The highest BCUT2D eigenvalue weighted by Gasteiger charge is 2.03. The van der Waals surface area contributed by atoms with E-state index in [4.69, 9.17) is 5.84 Å². The summed E-state index contributed by atoms with van der Waals surface area (Å²) in [6, 6.07) is 5.88. The number of amidine groups is 1. The van der Waals surface area contributed by atoms with Crippen molar-refractivity contribution in [3.8, 4) is 0 Å². The largest absolute Gasteiger partial charge is 0.308 e. The molecular formula is C9H11Br2N3. The molecule has 0 bridgehead atoms. The highest BCUT2D eigenvalue weighted by atomic mass is 79.9. The predicted octanol–water partition coefficient (Wildman–Crippen LogP) is 2.44. The van der Waals surface area contributed by atoms with Crippen LogP contribution in [0, 0.1) is 0 Å². The van der Waals surface area contributed by atoms with E-state index in [9.17, 15) is 0 Å². The van der Waals surface area contributed by atoms with Crippen LogP contribution in [0.15, 0.2) is 32.1 Å². The average molecular weight is 321 g/mol. The van der Waals surface area contributed by atoms with Crippen LogP contribution < -0.4 is 11.3 Å². The topological polar surface area (TPSA) is 50.4 Å². The molecular weight excluding hydrogens is 310 g/mol. The number of aliphatic imine (C=N–C) groups is 1. The van der Waals surface area contributed by atoms with E-state index in [2.05, 4.69) is 42.3 Å². The van der Waals surface area contributed by atoms with Crippen molar-refractivity contribution in [1.82, 2.24) is 5.43 Å². The van der Waals surface area contributed by atoms with Gasteiger partial charge >= 0.3 is 0 Å². The second-order valence-corrected chi connectivity index (χ2v) is 4.46. The van der Waals surface area contributed by atoms with Crippen molar-refractivity contribution >= 4 is 37.7 Å². The number of hydrogen-bond acceptors (Lipinski definition) is 2. The molecule has 0 aliphatic carbocycles. The van der Waals surface area contributed by atoms with Crippen LogP contribution in [-0.2, 0) is 0 Å². The second-order valence-electron chi connectivity index (χ2n) is 2.63. The van der Waals surface area contributed by atoms with Crippen LogP contribution in [0.5, 0.6) is 0 Å². The molecule has 0 saturated carbocycles. The fraction of sp³-hybridized carbons (Fsp3) is 0.222. The van der Waals surface area contributed by atoms with Crippen LogP contribution in [0.1, 0.15) is 12.5 Å². The lowest BCUT2D eigenvalue weighted by atomic mass is 10.2. The lowest BCUT2D eigenvalue weighted by molar-refractivity contribution is 0.991. The lowest BCUT2D eigenvalue weighted by Gasteiger charge is -2.06. The van der Waals surface area contributed by atoms with Gasteiger partial charge in [0, 0.05) is 21.1 Å². The Labute approximate surface area is 100 Å². The van der Waals surface area contributed by atoms with Crippen LogP contribution in [-0.4, -0.2) is 12.4 Å². The van der Waals surface area contributed by atoms with E-state index in [1.54, 1.807) is 0 Å². The predicted molar refractivity (Wildman–Crippen MR) is 66.2 cm³/mol. The van der Waals surface area contributed by atoms with Crippen LogP contribution in [0.2, 0.25) is 0 Å². The van der Waals surface area contributed by atoms with E-state index < -0.39 is 0 Å². The van der Waals surface area contributed by atoms with Crippen molar-refractivity contribution in [2.45, 2.75) is 6.92 Å². The van der Waals surface area contributed by atoms with E-state index in [1.807, 2.05) is 25.1 Å². The zero-order chi connectivity index (χ0) is 10.6. The molecule has 1 aromatic rings. The molecule has 0 atom stereocenters. The maximum atomic E-state index is 5.38. The van der Waals surface area contributed by atoms with E-state index in [-0.39, 0.29) is 0 Å². The van der Waals surface area contributed by atoms with Gasteiger partial charge in [-0.05, 0) is 25.1 Å². The lowest BCUT2D eigenvalue weighted by Crippen LogP contribution is -2.31. The number of nitrogens with one attached hydrogen (secondary N) is 1. The minimum atomic E-state index is 0.689. The molecule has 0 aromatic heterocycles. The standard InChI is InChI=1S/C9H11Br2N3/c1-2-13-9(14-12)6-3-7(10)5-8(11)4-6/h3-5H,2,12H2,1H3,(H,13,14). The number of halogens is 2. The Hall–Kier alpha value is -0.390. The van der Waals surface area contributed by atoms with E-state index in [1.165, 1.54) is 0 Å². The molecule has 0 unspecified atom stereocenters. The Morgan fingerprint density at radius 2 is 1.93 bits per heavy atom. The van der Waals surface area contributed by atoms with E-state index in [0.717, 1.165) is 14.5 Å². The molecule has 0 amide bonds. The third kappa shape index (κ3) is 3.08. The summed E-state index contributed by atoms with van der Waals surface area (Å²) >= 11 is 6.82.